The summed E-state index contributed by atoms with van der Waals surface area (Å²) < 4.78 is 9.94. The molecule has 1 heterocycles. The molecule has 0 saturated carbocycles. The number of hydrogen-bond donors (Lipinski definition) is 0. The molecule has 2 aromatic rings. The van der Waals surface area contributed by atoms with Gasteiger partial charge in [-0.2, -0.15) is 15.2 Å². The second-order valence-electron chi connectivity index (χ2n) is 3.32. The molecule has 0 spiro atoms. The molecule has 0 bridgehead atoms. The minimum Gasteiger partial charge on any atom is -0.467 e. The van der Waals surface area contributed by atoms with Crippen LogP contribution in [0.4, 0.5) is 0 Å². The molecule has 0 aliphatic heterocycles. The molecular formula is C12H10N4O2. The Hall–Kier alpha value is -2.68. The maximum Gasteiger partial charge on any atom is 0.322 e. The van der Waals surface area contributed by atoms with Crippen LogP contribution in [0.5, 0.6) is 12.0 Å². The van der Waals surface area contributed by atoms with Gasteiger partial charge >= 0.3 is 12.0 Å². The Kier molecular flexibility index (Phi) is 3.34. The summed E-state index contributed by atoms with van der Waals surface area (Å²) in [5.74, 6) is 0.434. The van der Waals surface area contributed by atoms with Gasteiger partial charge in [0.05, 0.1) is 25.9 Å². The molecular weight excluding hydrogens is 232 g/mol. The number of aromatic nitrogens is 3. The summed E-state index contributed by atoms with van der Waals surface area (Å²) in [5.41, 5.74) is 1.33. The Morgan fingerprint density at radius 2 is 1.50 bits per heavy atom. The van der Waals surface area contributed by atoms with Crippen molar-refractivity contribution in [2.75, 3.05) is 14.2 Å². The molecule has 18 heavy (non-hydrogen) atoms. The van der Waals surface area contributed by atoms with Gasteiger partial charge in [0.15, 0.2) is 5.82 Å². The molecule has 0 N–H and O–H groups in total. The Bertz CT molecular complexity index is 568. The lowest BCUT2D eigenvalue weighted by Crippen LogP contribution is -2.00. The second kappa shape index (κ2) is 5.10. The summed E-state index contributed by atoms with van der Waals surface area (Å²) in [6.07, 6.45) is 0. The van der Waals surface area contributed by atoms with E-state index in [-0.39, 0.29) is 12.0 Å². The molecule has 90 valence electrons. The van der Waals surface area contributed by atoms with Crippen molar-refractivity contribution in [2.24, 2.45) is 0 Å². The quantitative estimate of drug-likeness (QED) is 0.809. The Balaban J connectivity index is 2.45. The standard InChI is InChI=1S/C12H10N4O2/c1-17-11-14-10(15-12(16-11)18-2)9-5-3-8(7-13)4-6-9/h3-6H,1-2H3. The highest BCUT2D eigenvalue weighted by molar-refractivity contribution is 5.56. The molecule has 0 unspecified atom stereocenters. The first kappa shape index (κ1) is 11.8. The predicted molar refractivity (Wildman–Crippen MR) is 63.1 cm³/mol. The first-order chi connectivity index (χ1) is 8.76. The molecule has 0 radical (unpaired) electrons. The van der Waals surface area contributed by atoms with Gasteiger partial charge < -0.3 is 9.47 Å². The van der Waals surface area contributed by atoms with Gasteiger partial charge in [0.1, 0.15) is 0 Å². The molecule has 0 amide bonds. The van der Waals surface area contributed by atoms with Crippen LogP contribution in [0.25, 0.3) is 11.4 Å². The van der Waals surface area contributed by atoms with E-state index in [0.717, 1.165) is 5.56 Å². The lowest BCUT2D eigenvalue weighted by atomic mass is 10.1. The molecule has 0 aliphatic carbocycles. The van der Waals surface area contributed by atoms with Crippen LogP contribution in [0, 0.1) is 11.3 Å². The van der Waals surface area contributed by atoms with Gasteiger partial charge in [-0.15, -0.1) is 4.98 Å². The highest BCUT2D eigenvalue weighted by Crippen LogP contribution is 2.19. The molecule has 1 aromatic carbocycles. The highest BCUT2D eigenvalue weighted by Gasteiger charge is 2.08. The first-order valence-electron chi connectivity index (χ1n) is 5.11. The summed E-state index contributed by atoms with van der Waals surface area (Å²) in [6, 6.07) is 9.31. The Morgan fingerprint density at radius 3 is 1.94 bits per heavy atom. The average Bonchev–Trinajstić information content (AvgIpc) is 2.46. The highest BCUT2D eigenvalue weighted by atomic mass is 16.5. The summed E-state index contributed by atoms with van der Waals surface area (Å²) >= 11 is 0. The summed E-state index contributed by atoms with van der Waals surface area (Å²) in [6.45, 7) is 0. The topological polar surface area (TPSA) is 80.9 Å². The number of rotatable bonds is 3. The zero-order valence-electron chi connectivity index (χ0n) is 9.91. The predicted octanol–water partition coefficient (Wildman–Crippen LogP) is 1.43. The van der Waals surface area contributed by atoms with Crippen LogP contribution in [0.15, 0.2) is 24.3 Å². The van der Waals surface area contributed by atoms with Crippen LogP contribution in [0.1, 0.15) is 5.56 Å². The third kappa shape index (κ3) is 2.35. The van der Waals surface area contributed by atoms with Gasteiger partial charge in [0.25, 0.3) is 0 Å². The SMILES string of the molecule is COc1nc(OC)nc(-c2ccc(C#N)cc2)n1. The van der Waals surface area contributed by atoms with Gasteiger partial charge in [0.2, 0.25) is 0 Å². The lowest BCUT2D eigenvalue weighted by Gasteiger charge is -2.04. The fourth-order valence-electron chi connectivity index (χ4n) is 1.34. The van der Waals surface area contributed by atoms with Crippen molar-refractivity contribution in [3.63, 3.8) is 0 Å². The zero-order chi connectivity index (χ0) is 13.0. The Morgan fingerprint density at radius 1 is 0.944 bits per heavy atom. The molecule has 6 heteroatoms. The van der Waals surface area contributed by atoms with E-state index in [1.165, 1.54) is 14.2 Å². The van der Waals surface area contributed by atoms with E-state index in [4.69, 9.17) is 14.7 Å². The van der Waals surface area contributed by atoms with E-state index in [0.29, 0.717) is 11.4 Å². The summed E-state index contributed by atoms with van der Waals surface area (Å²) in [7, 11) is 2.94. The van der Waals surface area contributed by atoms with Gasteiger partial charge in [-0.25, -0.2) is 0 Å². The van der Waals surface area contributed by atoms with Crippen molar-refractivity contribution in [2.45, 2.75) is 0 Å². The number of nitriles is 1. The molecule has 0 atom stereocenters. The first-order valence-corrected chi connectivity index (χ1v) is 5.11. The van der Waals surface area contributed by atoms with Gasteiger partial charge in [-0.3, -0.25) is 0 Å². The van der Waals surface area contributed by atoms with E-state index in [9.17, 15) is 0 Å². The molecule has 0 saturated heterocycles. The Labute approximate surface area is 104 Å². The van der Waals surface area contributed by atoms with Crippen molar-refractivity contribution in [1.29, 1.82) is 5.26 Å². The van der Waals surface area contributed by atoms with E-state index < -0.39 is 0 Å². The number of methoxy groups -OCH3 is 2. The largest absolute Gasteiger partial charge is 0.467 e. The van der Waals surface area contributed by atoms with Crippen LogP contribution < -0.4 is 9.47 Å². The van der Waals surface area contributed by atoms with E-state index in [2.05, 4.69) is 15.0 Å². The van der Waals surface area contributed by atoms with Crippen LogP contribution >= 0.6 is 0 Å². The molecule has 2 rings (SSSR count). The number of nitrogens with zero attached hydrogens (tertiary/aromatic N) is 4. The second-order valence-corrected chi connectivity index (χ2v) is 3.32. The zero-order valence-corrected chi connectivity index (χ0v) is 9.91. The van der Waals surface area contributed by atoms with Crippen molar-refractivity contribution < 1.29 is 9.47 Å². The van der Waals surface area contributed by atoms with Crippen molar-refractivity contribution in [3.8, 4) is 29.5 Å². The molecule has 1 aromatic heterocycles. The molecule has 6 nitrogen and oxygen atoms in total. The summed E-state index contributed by atoms with van der Waals surface area (Å²) in [5, 5.41) is 8.73. The number of hydrogen-bond acceptors (Lipinski definition) is 6. The number of benzene rings is 1. The van der Waals surface area contributed by atoms with Gasteiger partial charge in [0, 0.05) is 5.56 Å². The van der Waals surface area contributed by atoms with Crippen LogP contribution in [0.2, 0.25) is 0 Å². The van der Waals surface area contributed by atoms with Crippen molar-refractivity contribution >= 4 is 0 Å². The third-order valence-corrected chi connectivity index (χ3v) is 2.23. The normalized spacial score (nSPS) is 9.61. The lowest BCUT2D eigenvalue weighted by molar-refractivity contribution is 0.341. The minimum absolute atomic E-state index is 0.182. The van der Waals surface area contributed by atoms with E-state index in [1.807, 2.05) is 6.07 Å². The van der Waals surface area contributed by atoms with Gasteiger partial charge in [-0.1, -0.05) is 0 Å². The average molecular weight is 242 g/mol. The third-order valence-electron chi connectivity index (χ3n) is 2.23. The van der Waals surface area contributed by atoms with Crippen molar-refractivity contribution in [1.82, 2.24) is 15.0 Å². The molecule has 0 aliphatic rings. The van der Waals surface area contributed by atoms with Gasteiger partial charge in [-0.05, 0) is 24.3 Å². The van der Waals surface area contributed by atoms with Crippen LogP contribution in [-0.4, -0.2) is 29.2 Å². The number of ether oxygens (including phenoxy) is 2. The fraction of sp³-hybridized carbons (Fsp3) is 0.167. The maximum atomic E-state index is 8.73. The fourth-order valence-corrected chi connectivity index (χ4v) is 1.34. The van der Waals surface area contributed by atoms with E-state index in [1.54, 1.807) is 24.3 Å². The van der Waals surface area contributed by atoms with Crippen LogP contribution in [0.3, 0.4) is 0 Å². The maximum absolute atomic E-state index is 8.73. The molecule has 0 fully saturated rings. The monoisotopic (exact) mass is 242 g/mol. The van der Waals surface area contributed by atoms with Crippen molar-refractivity contribution in [3.05, 3.63) is 29.8 Å². The summed E-state index contributed by atoms with van der Waals surface area (Å²) in [4.78, 5) is 12.1. The smallest absolute Gasteiger partial charge is 0.322 e. The minimum atomic E-state index is 0.182. The van der Waals surface area contributed by atoms with Crippen LogP contribution in [-0.2, 0) is 0 Å². The van der Waals surface area contributed by atoms with E-state index >= 15 is 0 Å².